The number of ether oxygens (including phenoxy) is 1. The molecule has 3 N–H and O–H groups in total. The Labute approximate surface area is 163 Å². The van der Waals surface area contributed by atoms with Crippen molar-refractivity contribution in [1.82, 2.24) is 0 Å². The second kappa shape index (κ2) is 7.03. The van der Waals surface area contributed by atoms with Crippen molar-refractivity contribution in [3.63, 3.8) is 0 Å². The number of rotatable bonds is 2. The minimum atomic E-state index is -0.839. The van der Waals surface area contributed by atoms with Crippen LogP contribution in [0.1, 0.15) is 24.9 Å². The van der Waals surface area contributed by atoms with Crippen LogP contribution in [-0.2, 0) is 14.3 Å². The lowest BCUT2D eigenvalue weighted by Gasteiger charge is -2.32. The van der Waals surface area contributed by atoms with Crippen molar-refractivity contribution in [1.29, 1.82) is 0 Å². The first-order chi connectivity index (χ1) is 13.5. The molecule has 0 bridgehead atoms. The molecule has 0 saturated heterocycles. The van der Waals surface area contributed by atoms with E-state index in [2.05, 4.69) is 10.6 Å². The summed E-state index contributed by atoms with van der Waals surface area (Å²) in [5.41, 5.74) is 3.77. The molecule has 0 fully saturated rings. The van der Waals surface area contributed by atoms with Crippen LogP contribution in [0.2, 0.25) is 0 Å². The smallest absolute Gasteiger partial charge is 0.316 e. The maximum atomic E-state index is 13.4. The first kappa shape index (κ1) is 18.1. The van der Waals surface area contributed by atoms with Crippen LogP contribution in [0.5, 0.6) is 5.75 Å². The van der Waals surface area contributed by atoms with Crippen molar-refractivity contribution in [2.24, 2.45) is 11.8 Å². The largest absolute Gasteiger partial charge is 0.508 e. The highest BCUT2D eigenvalue weighted by atomic mass is 16.5. The van der Waals surface area contributed by atoms with E-state index in [4.69, 9.17) is 4.74 Å². The minimum Gasteiger partial charge on any atom is -0.508 e. The number of anilines is 2. The van der Waals surface area contributed by atoms with E-state index < -0.39 is 17.9 Å². The van der Waals surface area contributed by atoms with Gasteiger partial charge in [-0.3, -0.25) is 9.59 Å². The topological polar surface area (TPSA) is 87.7 Å². The summed E-state index contributed by atoms with van der Waals surface area (Å²) in [4.78, 5) is 25.8. The number of hydrogen-bond donors (Lipinski definition) is 3. The van der Waals surface area contributed by atoms with Gasteiger partial charge in [-0.2, -0.15) is 0 Å². The molecule has 28 heavy (non-hydrogen) atoms. The molecule has 4 rings (SSSR count). The van der Waals surface area contributed by atoms with Gasteiger partial charge in [0.15, 0.2) is 5.78 Å². The number of methoxy groups -OCH3 is 1. The van der Waals surface area contributed by atoms with Crippen LogP contribution in [0.15, 0.2) is 59.8 Å². The molecular weight excluding hydrogens is 356 g/mol. The Morgan fingerprint density at radius 1 is 1.14 bits per heavy atom. The molecule has 144 valence electrons. The lowest BCUT2D eigenvalue weighted by molar-refractivity contribution is -0.151. The predicted octanol–water partition coefficient (Wildman–Crippen LogP) is 3.62. The highest BCUT2D eigenvalue weighted by Gasteiger charge is 2.44. The fourth-order valence-electron chi connectivity index (χ4n) is 4.09. The number of allylic oxidation sites excluding steroid dienone is 1. The van der Waals surface area contributed by atoms with Crippen LogP contribution in [-0.4, -0.2) is 24.0 Å². The first-order valence-corrected chi connectivity index (χ1v) is 9.26. The maximum absolute atomic E-state index is 13.4. The number of esters is 1. The molecule has 2 aromatic rings. The number of hydrogen-bond acceptors (Lipinski definition) is 6. The maximum Gasteiger partial charge on any atom is 0.316 e. The van der Waals surface area contributed by atoms with Crippen molar-refractivity contribution in [3.8, 4) is 5.75 Å². The number of fused-ring (bicyclic) bond motifs is 1. The Morgan fingerprint density at radius 3 is 2.61 bits per heavy atom. The monoisotopic (exact) mass is 378 g/mol. The van der Waals surface area contributed by atoms with Crippen LogP contribution < -0.4 is 10.6 Å². The van der Waals surface area contributed by atoms with Gasteiger partial charge in [0.05, 0.1) is 24.5 Å². The summed E-state index contributed by atoms with van der Waals surface area (Å²) in [5.74, 6) is -1.66. The average Bonchev–Trinajstić information content (AvgIpc) is 2.84. The standard InChI is InChI=1S/C22H22N2O4/c1-12-10-17-19(21(26)18(12)22(27)28-2)20(13-6-5-7-14(25)11-13)24-16-9-4-3-8-15(16)23-17/h3-9,11-12,18,20,23-25H,10H2,1-2H3/t12-,18+,20+/m0/s1. The van der Waals surface area contributed by atoms with Gasteiger partial charge in [-0.05, 0) is 42.2 Å². The van der Waals surface area contributed by atoms with Crippen LogP contribution in [0.4, 0.5) is 11.4 Å². The van der Waals surface area contributed by atoms with Crippen LogP contribution in [0.3, 0.4) is 0 Å². The molecule has 1 heterocycles. The third-order valence-electron chi connectivity index (χ3n) is 5.43. The molecule has 2 aromatic carbocycles. The number of phenols is 1. The van der Waals surface area contributed by atoms with Gasteiger partial charge in [-0.25, -0.2) is 0 Å². The fraction of sp³-hybridized carbons (Fsp3) is 0.273. The number of carbonyl (C=O) groups excluding carboxylic acids is 2. The van der Waals surface area contributed by atoms with Gasteiger partial charge < -0.3 is 20.5 Å². The zero-order valence-electron chi connectivity index (χ0n) is 15.7. The third kappa shape index (κ3) is 3.01. The van der Waals surface area contributed by atoms with Crippen molar-refractivity contribution in [2.45, 2.75) is 19.4 Å². The van der Waals surface area contributed by atoms with Crippen LogP contribution >= 0.6 is 0 Å². The van der Waals surface area contributed by atoms with Crippen molar-refractivity contribution < 1.29 is 19.4 Å². The Bertz CT molecular complexity index is 982. The Balaban J connectivity index is 1.88. The number of para-hydroxylation sites is 2. The molecule has 1 aliphatic carbocycles. The highest BCUT2D eigenvalue weighted by molar-refractivity contribution is 6.11. The molecule has 0 spiro atoms. The molecule has 0 amide bonds. The minimum absolute atomic E-state index is 0.119. The molecule has 0 unspecified atom stereocenters. The van der Waals surface area contributed by atoms with E-state index >= 15 is 0 Å². The first-order valence-electron chi connectivity index (χ1n) is 9.26. The molecule has 3 atom stereocenters. The summed E-state index contributed by atoms with van der Waals surface area (Å²) in [7, 11) is 1.30. The molecule has 6 nitrogen and oxygen atoms in total. The third-order valence-corrected chi connectivity index (χ3v) is 5.43. The lowest BCUT2D eigenvalue weighted by Crippen LogP contribution is -2.39. The van der Waals surface area contributed by atoms with E-state index in [0.717, 1.165) is 22.6 Å². The predicted molar refractivity (Wildman–Crippen MR) is 106 cm³/mol. The van der Waals surface area contributed by atoms with E-state index in [0.29, 0.717) is 12.0 Å². The second-order valence-corrected chi connectivity index (χ2v) is 7.28. The van der Waals surface area contributed by atoms with Gasteiger partial charge in [-0.1, -0.05) is 31.2 Å². The van der Waals surface area contributed by atoms with Gasteiger partial charge in [0, 0.05) is 11.3 Å². The zero-order valence-corrected chi connectivity index (χ0v) is 15.7. The SMILES string of the molecule is COC(=O)[C@H]1C(=O)C2=C(C[C@@H]1C)Nc1ccccc1N[C@@H]2c1cccc(O)c1. The summed E-state index contributed by atoms with van der Waals surface area (Å²) < 4.78 is 4.90. The molecule has 2 aliphatic rings. The van der Waals surface area contributed by atoms with Gasteiger partial charge >= 0.3 is 5.97 Å². The molecule has 0 aromatic heterocycles. The molecular formula is C22H22N2O4. The molecule has 0 radical (unpaired) electrons. The quantitative estimate of drug-likeness (QED) is 0.546. The van der Waals surface area contributed by atoms with Crippen molar-refractivity contribution in [2.75, 3.05) is 17.7 Å². The van der Waals surface area contributed by atoms with Gasteiger partial charge in [0.2, 0.25) is 0 Å². The summed E-state index contributed by atoms with van der Waals surface area (Å²) in [6.07, 6.45) is 0.548. The molecule has 1 aliphatic heterocycles. The number of phenolic OH excluding ortho intramolecular Hbond substituents is 1. The fourth-order valence-corrected chi connectivity index (χ4v) is 4.09. The van der Waals surface area contributed by atoms with Crippen molar-refractivity contribution >= 4 is 23.1 Å². The van der Waals surface area contributed by atoms with E-state index in [9.17, 15) is 14.7 Å². The van der Waals surface area contributed by atoms with Crippen LogP contribution in [0, 0.1) is 11.8 Å². The van der Waals surface area contributed by atoms with E-state index in [-0.39, 0.29) is 17.5 Å². The average molecular weight is 378 g/mol. The number of aromatic hydroxyl groups is 1. The zero-order chi connectivity index (χ0) is 19.8. The van der Waals surface area contributed by atoms with Gasteiger partial charge in [-0.15, -0.1) is 0 Å². The number of Topliss-reactive ketones (excluding diaryl/α,β-unsaturated/α-hetero) is 1. The number of benzene rings is 2. The number of nitrogens with one attached hydrogen (secondary N) is 2. The van der Waals surface area contributed by atoms with Crippen molar-refractivity contribution in [3.05, 3.63) is 65.4 Å². The van der Waals surface area contributed by atoms with Crippen LogP contribution in [0.25, 0.3) is 0 Å². The number of ketones is 1. The lowest BCUT2D eigenvalue weighted by atomic mass is 9.75. The molecule has 6 heteroatoms. The summed E-state index contributed by atoms with van der Waals surface area (Å²) in [6, 6.07) is 14.0. The van der Waals surface area contributed by atoms with Gasteiger partial charge in [0.1, 0.15) is 11.7 Å². The van der Waals surface area contributed by atoms with E-state index in [1.54, 1.807) is 18.2 Å². The van der Waals surface area contributed by atoms with E-state index in [1.807, 2.05) is 37.3 Å². The van der Waals surface area contributed by atoms with Gasteiger partial charge in [0.25, 0.3) is 0 Å². The molecule has 0 saturated carbocycles. The summed E-state index contributed by atoms with van der Waals surface area (Å²) >= 11 is 0. The van der Waals surface area contributed by atoms with E-state index in [1.165, 1.54) is 7.11 Å². The Hall–Kier alpha value is -3.28. The Kier molecular flexibility index (Phi) is 4.55. The normalized spacial score (nSPS) is 23.6. The summed E-state index contributed by atoms with van der Waals surface area (Å²) in [5, 5.41) is 16.8. The highest BCUT2D eigenvalue weighted by Crippen LogP contribution is 2.44. The Morgan fingerprint density at radius 2 is 1.89 bits per heavy atom. The second-order valence-electron chi connectivity index (χ2n) is 7.28. The summed E-state index contributed by atoms with van der Waals surface area (Å²) in [6.45, 7) is 1.89. The number of carbonyl (C=O) groups is 2.